The van der Waals surface area contributed by atoms with E-state index in [1.165, 1.54) is 18.2 Å². The summed E-state index contributed by atoms with van der Waals surface area (Å²) in [6.07, 6.45) is 13.0. The summed E-state index contributed by atoms with van der Waals surface area (Å²) in [6.45, 7) is 4.83. The number of piperidine rings is 1. The van der Waals surface area contributed by atoms with Gasteiger partial charge in [-0.1, -0.05) is 18.2 Å². The molecule has 1 fully saturated rings. The van der Waals surface area contributed by atoms with Crippen LogP contribution in [0.25, 0.3) is 28.1 Å². The van der Waals surface area contributed by atoms with Crippen LogP contribution in [0.15, 0.2) is 66.8 Å². The third-order valence-electron chi connectivity index (χ3n) is 5.73. The molecular formula is C23H20ClN7O2. The zero-order valence-corrected chi connectivity index (χ0v) is 18.4. The smallest absolute Gasteiger partial charge is 0.246 e. The van der Waals surface area contributed by atoms with Crippen molar-refractivity contribution in [3.05, 3.63) is 77.2 Å². The Hall–Kier alpha value is -3.85. The first-order valence-corrected chi connectivity index (χ1v) is 10.9. The monoisotopic (exact) mass is 461 g/mol. The summed E-state index contributed by atoms with van der Waals surface area (Å²) in [7, 11) is 0. The normalized spacial score (nSPS) is 16.2. The summed E-state index contributed by atoms with van der Waals surface area (Å²) in [5.74, 6) is 0.347. The highest BCUT2D eigenvalue weighted by Crippen LogP contribution is 2.35. The molecule has 4 aromatic heterocycles. The van der Waals surface area contributed by atoms with Crippen LogP contribution in [0.2, 0.25) is 5.02 Å². The number of hydrogen-bond acceptors (Lipinski definition) is 6. The van der Waals surface area contributed by atoms with Gasteiger partial charge >= 0.3 is 0 Å². The molecule has 0 spiro atoms. The van der Waals surface area contributed by atoms with Gasteiger partial charge in [0.1, 0.15) is 5.69 Å². The predicted molar refractivity (Wildman–Crippen MR) is 124 cm³/mol. The SMILES string of the molecule is C=CC(=O)N1CCC[C@@H](n2nc(-c3cnc(-n4ccc(=O)cc4)nc3)c3cncc(Cl)c32)C1. The van der Waals surface area contributed by atoms with Crippen molar-refractivity contribution in [1.82, 2.24) is 34.2 Å². The van der Waals surface area contributed by atoms with E-state index in [9.17, 15) is 9.59 Å². The van der Waals surface area contributed by atoms with Crippen LogP contribution in [0.4, 0.5) is 0 Å². The Kier molecular flexibility index (Phi) is 5.47. The van der Waals surface area contributed by atoms with Crippen LogP contribution in [-0.4, -0.2) is 53.2 Å². The van der Waals surface area contributed by atoms with Crippen molar-refractivity contribution in [2.24, 2.45) is 0 Å². The molecule has 1 aliphatic rings. The van der Waals surface area contributed by atoms with E-state index >= 15 is 0 Å². The van der Waals surface area contributed by atoms with Gasteiger partial charge in [-0.2, -0.15) is 5.10 Å². The van der Waals surface area contributed by atoms with Crippen molar-refractivity contribution < 1.29 is 4.79 Å². The van der Waals surface area contributed by atoms with Crippen LogP contribution in [0.1, 0.15) is 18.9 Å². The van der Waals surface area contributed by atoms with Gasteiger partial charge in [0, 0.05) is 73.4 Å². The predicted octanol–water partition coefficient (Wildman–Crippen LogP) is 3.04. The molecular weight excluding hydrogens is 442 g/mol. The van der Waals surface area contributed by atoms with E-state index in [1.54, 1.807) is 46.6 Å². The Morgan fingerprint density at radius 2 is 1.91 bits per heavy atom. The molecule has 5 rings (SSSR count). The fraction of sp³-hybridized carbons (Fsp3) is 0.217. The molecule has 9 nitrogen and oxygen atoms in total. The number of nitrogens with zero attached hydrogens (tertiary/aromatic N) is 7. The summed E-state index contributed by atoms with van der Waals surface area (Å²) < 4.78 is 3.56. The van der Waals surface area contributed by atoms with Crippen LogP contribution >= 0.6 is 11.6 Å². The number of likely N-dealkylation sites (tertiary alicyclic amines) is 1. The summed E-state index contributed by atoms with van der Waals surface area (Å²) >= 11 is 6.55. The zero-order chi connectivity index (χ0) is 22.9. The molecule has 1 aliphatic heterocycles. The standard InChI is InChI=1S/C23H20ClN7O2/c1-2-20(33)30-7-3-4-16(14-30)31-22-18(12-25-13-19(22)24)21(28-31)15-10-26-23(27-11-15)29-8-5-17(32)6-9-29/h2,5-6,8-13,16H,1,3-4,7,14H2/t16-/m1/s1. The number of halogens is 1. The molecule has 33 heavy (non-hydrogen) atoms. The van der Waals surface area contributed by atoms with Gasteiger partial charge in [0.25, 0.3) is 0 Å². The van der Waals surface area contributed by atoms with Crippen LogP contribution in [0.3, 0.4) is 0 Å². The van der Waals surface area contributed by atoms with Gasteiger partial charge in [0.05, 0.1) is 16.6 Å². The Labute approximate surface area is 194 Å². The van der Waals surface area contributed by atoms with Gasteiger partial charge in [-0.15, -0.1) is 0 Å². The third kappa shape index (κ3) is 3.91. The maximum Gasteiger partial charge on any atom is 0.246 e. The average molecular weight is 462 g/mol. The number of rotatable bonds is 4. The van der Waals surface area contributed by atoms with Gasteiger partial charge in [0.15, 0.2) is 5.43 Å². The first-order chi connectivity index (χ1) is 16.0. The lowest BCUT2D eigenvalue weighted by atomic mass is 10.1. The van der Waals surface area contributed by atoms with Crippen molar-refractivity contribution in [1.29, 1.82) is 0 Å². The van der Waals surface area contributed by atoms with Crippen molar-refractivity contribution in [2.75, 3.05) is 13.1 Å². The molecule has 0 bridgehead atoms. The number of hydrogen-bond donors (Lipinski definition) is 0. The number of pyridine rings is 2. The van der Waals surface area contributed by atoms with Crippen LogP contribution in [0.5, 0.6) is 0 Å². The van der Waals surface area contributed by atoms with E-state index in [-0.39, 0.29) is 17.4 Å². The van der Waals surface area contributed by atoms with E-state index in [0.717, 1.165) is 23.7 Å². The van der Waals surface area contributed by atoms with Gasteiger partial charge in [0.2, 0.25) is 11.9 Å². The molecule has 1 atom stereocenters. The number of fused-ring (bicyclic) bond motifs is 1. The lowest BCUT2D eigenvalue weighted by Crippen LogP contribution is -2.40. The van der Waals surface area contributed by atoms with Crippen molar-refractivity contribution >= 4 is 28.4 Å². The Balaban J connectivity index is 1.55. The first-order valence-electron chi connectivity index (χ1n) is 10.5. The topological polar surface area (TPSA) is 98.8 Å². The molecule has 0 aliphatic carbocycles. The van der Waals surface area contributed by atoms with Crippen molar-refractivity contribution in [3.63, 3.8) is 0 Å². The van der Waals surface area contributed by atoms with E-state index < -0.39 is 0 Å². The zero-order valence-electron chi connectivity index (χ0n) is 17.6. The highest BCUT2D eigenvalue weighted by Gasteiger charge is 2.27. The van der Waals surface area contributed by atoms with Crippen LogP contribution < -0.4 is 5.43 Å². The molecule has 0 radical (unpaired) electrons. The number of amides is 1. The molecule has 166 valence electrons. The molecule has 1 saturated heterocycles. The fourth-order valence-electron chi connectivity index (χ4n) is 4.13. The van der Waals surface area contributed by atoms with E-state index in [4.69, 9.17) is 16.7 Å². The van der Waals surface area contributed by atoms with Crippen molar-refractivity contribution in [3.8, 4) is 17.2 Å². The average Bonchev–Trinajstić information content (AvgIpc) is 3.25. The van der Waals surface area contributed by atoms with Crippen LogP contribution in [0, 0.1) is 0 Å². The minimum absolute atomic E-state index is 0.0276. The molecule has 5 heterocycles. The Bertz CT molecular complexity index is 1390. The summed E-state index contributed by atoms with van der Waals surface area (Å²) in [5.41, 5.74) is 2.06. The quantitative estimate of drug-likeness (QED) is 0.433. The molecule has 10 heteroatoms. The minimum atomic E-state index is -0.0874. The summed E-state index contributed by atoms with van der Waals surface area (Å²) in [5, 5.41) is 6.15. The molecule has 4 aromatic rings. The summed E-state index contributed by atoms with van der Waals surface area (Å²) in [6, 6.07) is 2.87. The largest absolute Gasteiger partial charge is 0.337 e. The van der Waals surface area contributed by atoms with E-state index in [2.05, 4.69) is 21.5 Å². The van der Waals surface area contributed by atoms with E-state index in [0.29, 0.717) is 35.3 Å². The molecule has 0 N–H and O–H groups in total. The lowest BCUT2D eigenvalue weighted by Gasteiger charge is -2.32. The second-order valence-corrected chi connectivity index (χ2v) is 8.22. The molecule has 0 aromatic carbocycles. The summed E-state index contributed by atoms with van der Waals surface area (Å²) in [4.78, 5) is 38.4. The minimum Gasteiger partial charge on any atom is -0.337 e. The highest BCUT2D eigenvalue weighted by atomic mass is 35.5. The van der Waals surface area contributed by atoms with Crippen molar-refractivity contribution in [2.45, 2.75) is 18.9 Å². The van der Waals surface area contributed by atoms with Crippen LogP contribution in [-0.2, 0) is 4.79 Å². The van der Waals surface area contributed by atoms with Gasteiger partial charge < -0.3 is 4.90 Å². The second kappa shape index (κ2) is 8.59. The van der Waals surface area contributed by atoms with Gasteiger partial charge in [-0.05, 0) is 18.9 Å². The molecule has 0 saturated carbocycles. The molecule has 1 amide bonds. The third-order valence-corrected chi connectivity index (χ3v) is 6.01. The highest BCUT2D eigenvalue weighted by molar-refractivity contribution is 6.35. The molecule has 0 unspecified atom stereocenters. The number of aromatic nitrogens is 6. The first kappa shape index (κ1) is 21.0. The fourth-order valence-corrected chi connectivity index (χ4v) is 4.37. The lowest BCUT2D eigenvalue weighted by molar-refractivity contribution is -0.127. The number of carbonyl (C=O) groups excluding carboxylic acids is 1. The van der Waals surface area contributed by atoms with E-state index in [1.807, 2.05) is 4.68 Å². The van der Waals surface area contributed by atoms with Gasteiger partial charge in [-0.25, -0.2) is 9.97 Å². The van der Waals surface area contributed by atoms with Gasteiger partial charge in [-0.3, -0.25) is 23.8 Å². The maximum absolute atomic E-state index is 12.2. The second-order valence-electron chi connectivity index (χ2n) is 7.81. The Morgan fingerprint density at radius 3 is 2.64 bits per heavy atom. The number of carbonyl (C=O) groups is 1. The Morgan fingerprint density at radius 1 is 1.15 bits per heavy atom. The maximum atomic E-state index is 12.2.